The number of phenolic OH excluding ortho intramolecular Hbond substituents is 1. The fourth-order valence-corrected chi connectivity index (χ4v) is 5.67. The second-order valence-electron chi connectivity index (χ2n) is 7.99. The second-order valence-corrected chi connectivity index (χ2v) is 7.99. The maximum absolute atomic E-state index is 14.2. The molecule has 1 aromatic rings. The fourth-order valence-electron chi connectivity index (χ4n) is 5.67. The average Bonchev–Trinajstić information content (AvgIpc) is 2.72. The molecule has 0 aromatic heterocycles. The third-order valence-electron chi connectivity index (χ3n) is 6.98. The number of alkyl halides is 1. The van der Waals surface area contributed by atoms with Crippen molar-refractivity contribution >= 4 is 0 Å². The van der Waals surface area contributed by atoms with E-state index >= 15 is 0 Å². The minimum Gasteiger partial charge on any atom is -0.508 e. The monoisotopic (exact) mass is 304 g/mol. The Hall–Kier alpha value is -1.09. The van der Waals surface area contributed by atoms with Gasteiger partial charge in [0.25, 0.3) is 0 Å². The Morgan fingerprint density at radius 2 is 2.05 bits per heavy atom. The molecule has 3 heteroatoms. The Kier molecular flexibility index (Phi) is 3.10. The number of aliphatic hydroxyl groups is 1. The third kappa shape index (κ3) is 1.81. The van der Waals surface area contributed by atoms with Crippen molar-refractivity contribution in [1.82, 2.24) is 0 Å². The van der Waals surface area contributed by atoms with Crippen molar-refractivity contribution in [3.63, 3.8) is 0 Å². The molecular formula is C19H25FO2. The van der Waals surface area contributed by atoms with Crippen LogP contribution >= 0.6 is 0 Å². The smallest absolute Gasteiger partial charge is 0.127 e. The lowest BCUT2D eigenvalue weighted by Crippen LogP contribution is -2.44. The molecule has 0 bridgehead atoms. The number of hydrogen-bond acceptors (Lipinski definition) is 2. The standard InChI is InChI=1S/C19H25FO2/c1-10-7-14-11(8-17(10)21)3-4-13-12(14)5-6-19(2)15(13)9-16(20)18(19)22/h7-8,12-13,15-16,18,21-22H,3-6,9H2,1-2H3/t12-,13+,15-,16+,18-,19-/m0/s1. The Balaban J connectivity index is 1.73. The van der Waals surface area contributed by atoms with Gasteiger partial charge in [-0.25, -0.2) is 4.39 Å². The molecule has 0 amide bonds. The lowest BCUT2D eigenvalue weighted by Gasteiger charge is -2.49. The molecule has 6 atom stereocenters. The summed E-state index contributed by atoms with van der Waals surface area (Å²) in [5.41, 5.74) is 3.32. The van der Waals surface area contributed by atoms with Crippen LogP contribution in [0.15, 0.2) is 12.1 Å². The van der Waals surface area contributed by atoms with Gasteiger partial charge in [0.05, 0.1) is 6.10 Å². The van der Waals surface area contributed by atoms with Crippen molar-refractivity contribution in [1.29, 1.82) is 0 Å². The molecule has 0 aliphatic heterocycles. The molecule has 3 aliphatic carbocycles. The molecule has 0 heterocycles. The quantitative estimate of drug-likeness (QED) is 0.764. The highest BCUT2D eigenvalue weighted by atomic mass is 19.1. The van der Waals surface area contributed by atoms with E-state index in [1.54, 1.807) is 0 Å². The average molecular weight is 304 g/mol. The second kappa shape index (κ2) is 4.70. The molecule has 0 spiro atoms. The largest absolute Gasteiger partial charge is 0.508 e. The number of hydrogen-bond donors (Lipinski definition) is 2. The summed E-state index contributed by atoms with van der Waals surface area (Å²) >= 11 is 0. The van der Waals surface area contributed by atoms with Gasteiger partial charge in [-0.3, -0.25) is 0 Å². The Labute approximate surface area is 131 Å². The first-order valence-electron chi connectivity index (χ1n) is 8.56. The number of fused-ring (bicyclic) bond motifs is 5. The van der Waals surface area contributed by atoms with E-state index < -0.39 is 12.3 Å². The van der Waals surface area contributed by atoms with Crippen LogP contribution in [0.5, 0.6) is 5.75 Å². The van der Waals surface area contributed by atoms with Crippen LogP contribution < -0.4 is 0 Å². The zero-order chi connectivity index (χ0) is 15.6. The zero-order valence-corrected chi connectivity index (χ0v) is 13.3. The van der Waals surface area contributed by atoms with E-state index in [4.69, 9.17) is 0 Å². The molecule has 1 aromatic carbocycles. The zero-order valence-electron chi connectivity index (χ0n) is 13.3. The van der Waals surface area contributed by atoms with E-state index in [9.17, 15) is 14.6 Å². The molecule has 22 heavy (non-hydrogen) atoms. The summed E-state index contributed by atoms with van der Waals surface area (Å²) in [6.45, 7) is 4.04. The summed E-state index contributed by atoms with van der Waals surface area (Å²) in [6.07, 6.45) is 2.62. The first-order chi connectivity index (χ1) is 10.4. The summed E-state index contributed by atoms with van der Waals surface area (Å²) in [4.78, 5) is 0. The third-order valence-corrected chi connectivity index (χ3v) is 6.98. The van der Waals surface area contributed by atoms with Crippen molar-refractivity contribution in [3.8, 4) is 5.75 Å². The summed E-state index contributed by atoms with van der Waals surface area (Å²) < 4.78 is 14.2. The molecule has 2 N–H and O–H groups in total. The number of phenols is 1. The molecule has 120 valence electrons. The molecule has 2 nitrogen and oxygen atoms in total. The molecule has 0 radical (unpaired) electrons. The van der Waals surface area contributed by atoms with Gasteiger partial charge in [-0.2, -0.15) is 0 Å². The summed E-state index contributed by atoms with van der Waals surface area (Å²) in [5.74, 6) is 1.63. The van der Waals surface area contributed by atoms with Gasteiger partial charge in [-0.05, 0) is 85.0 Å². The van der Waals surface area contributed by atoms with Crippen LogP contribution in [-0.4, -0.2) is 22.5 Å². The predicted octanol–water partition coefficient (Wildman–Crippen LogP) is 3.87. The van der Waals surface area contributed by atoms with Crippen molar-refractivity contribution in [2.24, 2.45) is 17.3 Å². The van der Waals surface area contributed by atoms with Crippen LogP contribution in [0.3, 0.4) is 0 Å². The number of halogens is 1. The van der Waals surface area contributed by atoms with Gasteiger partial charge in [0, 0.05) is 0 Å². The molecule has 2 saturated carbocycles. The maximum atomic E-state index is 14.2. The Morgan fingerprint density at radius 1 is 1.27 bits per heavy atom. The Bertz CT molecular complexity index is 614. The van der Waals surface area contributed by atoms with E-state index in [0.29, 0.717) is 29.9 Å². The number of aryl methyl sites for hydroxylation is 2. The highest BCUT2D eigenvalue weighted by molar-refractivity contribution is 5.45. The number of rotatable bonds is 0. The van der Waals surface area contributed by atoms with Crippen LogP contribution in [0.4, 0.5) is 4.39 Å². The summed E-state index contributed by atoms with van der Waals surface area (Å²) in [7, 11) is 0. The first-order valence-corrected chi connectivity index (χ1v) is 8.56. The molecule has 0 unspecified atom stereocenters. The van der Waals surface area contributed by atoms with Gasteiger partial charge in [0.1, 0.15) is 11.9 Å². The maximum Gasteiger partial charge on any atom is 0.127 e. The van der Waals surface area contributed by atoms with Crippen LogP contribution in [0, 0.1) is 24.2 Å². The van der Waals surface area contributed by atoms with E-state index in [1.807, 2.05) is 13.0 Å². The molecular weight excluding hydrogens is 279 g/mol. The van der Waals surface area contributed by atoms with Crippen LogP contribution in [0.2, 0.25) is 0 Å². The van der Waals surface area contributed by atoms with E-state index in [0.717, 1.165) is 31.2 Å². The molecule has 4 rings (SSSR count). The highest BCUT2D eigenvalue weighted by Gasteiger charge is 2.58. The Morgan fingerprint density at radius 3 is 2.82 bits per heavy atom. The molecule has 3 aliphatic rings. The van der Waals surface area contributed by atoms with Gasteiger partial charge >= 0.3 is 0 Å². The van der Waals surface area contributed by atoms with Gasteiger partial charge in [-0.15, -0.1) is 0 Å². The fraction of sp³-hybridized carbons (Fsp3) is 0.684. The number of aliphatic hydroxyl groups excluding tert-OH is 1. The van der Waals surface area contributed by atoms with Crippen LogP contribution in [0.1, 0.15) is 55.2 Å². The molecule has 2 fully saturated rings. The van der Waals surface area contributed by atoms with Gasteiger partial charge in [-0.1, -0.05) is 13.0 Å². The van der Waals surface area contributed by atoms with Gasteiger partial charge in [0.2, 0.25) is 0 Å². The minimum absolute atomic E-state index is 0.246. The van der Waals surface area contributed by atoms with Crippen molar-refractivity contribution in [3.05, 3.63) is 28.8 Å². The lowest BCUT2D eigenvalue weighted by atomic mass is 9.55. The summed E-state index contributed by atoms with van der Waals surface area (Å²) in [6, 6.07) is 4.07. The summed E-state index contributed by atoms with van der Waals surface area (Å²) in [5, 5.41) is 20.3. The van der Waals surface area contributed by atoms with E-state index in [2.05, 4.69) is 13.0 Å². The molecule has 0 saturated heterocycles. The van der Waals surface area contributed by atoms with Gasteiger partial charge < -0.3 is 10.2 Å². The number of aromatic hydroxyl groups is 1. The lowest BCUT2D eigenvalue weighted by molar-refractivity contribution is -0.0365. The topological polar surface area (TPSA) is 40.5 Å². The predicted molar refractivity (Wildman–Crippen MR) is 83.7 cm³/mol. The highest BCUT2D eigenvalue weighted by Crippen LogP contribution is 2.61. The van der Waals surface area contributed by atoms with E-state index in [-0.39, 0.29) is 5.41 Å². The normalized spacial score (nSPS) is 43.4. The van der Waals surface area contributed by atoms with Gasteiger partial charge in [0.15, 0.2) is 0 Å². The van der Waals surface area contributed by atoms with Crippen molar-refractivity contribution in [2.45, 2.75) is 64.1 Å². The van der Waals surface area contributed by atoms with Crippen LogP contribution in [0.25, 0.3) is 0 Å². The van der Waals surface area contributed by atoms with Crippen molar-refractivity contribution in [2.75, 3.05) is 0 Å². The van der Waals surface area contributed by atoms with Crippen molar-refractivity contribution < 1.29 is 14.6 Å². The first kappa shape index (κ1) is 14.5. The van der Waals surface area contributed by atoms with E-state index in [1.165, 1.54) is 11.1 Å². The van der Waals surface area contributed by atoms with Crippen LogP contribution in [-0.2, 0) is 6.42 Å². The minimum atomic E-state index is -1.06. The SMILES string of the molecule is Cc1cc2c(cc1O)CC[C@@H]1[C@@H]2CC[C@]2(C)[C@@H](O)[C@H](F)C[C@@H]12. The number of benzene rings is 1.